The van der Waals surface area contributed by atoms with Crippen LogP contribution in [0.25, 0.3) is 0 Å². The Balaban J connectivity index is 3.28. The van der Waals surface area contributed by atoms with E-state index in [0.717, 1.165) is 12.0 Å². The number of para-hydroxylation sites is 1. The first-order valence-electron chi connectivity index (χ1n) is 4.31. The van der Waals surface area contributed by atoms with Crippen molar-refractivity contribution in [1.82, 2.24) is 0 Å². The van der Waals surface area contributed by atoms with Crippen molar-refractivity contribution in [2.75, 3.05) is 5.73 Å². The van der Waals surface area contributed by atoms with E-state index in [-0.39, 0.29) is 10.6 Å². The molecular formula is C9H13NO3S. The maximum absolute atomic E-state index is 10.9. The van der Waals surface area contributed by atoms with Crippen molar-refractivity contribution < 1.29 is 13.0 Å². The molecule has 0 bridgehead atoms. The van der Waals surface area contributed by atoms with Crippen LogP contribution in [0.2, 0.25) is 0 Å². The maximum atomic E-state index is 10.9. The third-order valence-corrected chi connectivity index (χ3v) is 2.87. The summed E-state index contributed by atoms with van der Waals surface area (Å²) in [6, 6.07) is 4.63. The van der Waals surface area contributed by atoms with Gasteiger partial charge in [0.15, 0.2) is 0 Å². The summed E-state index contributed by atoms with van der Waals surface area (Å²) < 4.78 is 30.6. The van der Waals surface area contributed by atoms with Gasteiger partial charge in [-0.15, -0.1) is 0 Å². The predicted octanol–water partition coefficient (Wildman–Crippen LogP) is 1.47. The highest BCUT2D eigenvalue weighted by atomic mass is 32.2. The van der Waals surface area contributed by atoms with Gasteiger partial charge in [0.1, 0.15) is 4.90 Å². The van der Waals surface area contributed by atoms with Crippen LogP contribution < -0.4 is 5.73 Å². The molecule has 1 aromatic rings. The highest BCUT2D eigenvalue weighted by molar-refractivity contribution is 7.86. The van der Waals surface area contributed by atoms with Crippen molar-refractivity contribution in [2.24, 2.45) is 0 Å². The Morgan fingerprint density at radius 1 is 1.43 bits per heavy atom. The second-order valence-corrected chi connectivity index (χ2v) is 4.44. The second kappa shape index (κ2) is 3.98. The second-order valence-electron chi connectivity index (χ2n) is 3.05. The van der Waals surface area contributed by atoms with Crippen LogP contribution in [-0.2, 0) is 16.5 Å². The van der Waals surface area contributed by atoms with Crippen molar-refractivity contribution in [3.05, 3.63) is 23.8 Å². The summed E-state index contributed by atoms with van der Waals surface area (Å²) in [4.78, 5) is -0.205. The van der Waals surface area contributed by atoms with E-state index in [1.54, 1.807) is 12.1 Å². The molecule has 3 N–H and O–H groups in total. The quantitative estimate of drug-likeness (QED) is 0.591. The fraction of sp³-hybridized carbons (Fsp3) is 0.333. The standard InChI is InChI=1S/C9H13NO3S/c1-2-4-7-5-3-6-8(9(7)10)14(11,12)13/h3,5-6H,2,4,10H2,1H3,(H,11,12,13). The summed E-state index contributed by atoms with van der Waals surface area (Å²) in [5.41, 5.74) is 6.52. The van der Waals surface area contributed by atoms with Crippen molar-refractivity contribution in [3.8, 4) is 0 Å². The summed E-state index contributed by atoms with van der Waals surface area (Å²) in [5, 5.41) is 0. The average molecular weight is 215 g/mol. The Morgan fingerprint density at radius 3 is 2.57 bits per heavy atom. The van der Waals surface area contributed by atoms with Crippen molar-refractivity contribution in [1.29, 1.82) is 0 Å². The Hall–Kier alpha value is -1.07. The van der Waals surface area contributed by atoms with Crippen LogP contribution in [0.1, 0.15) is 18.9 Å². The van der Waals surface area contributed by atoms with Gasteiger partial charge in [-0.25, -0.2) is 0 Å². The summed E-state index contributed by atoms with van der Waals surface area (Å²) in [6.45, 7) is 1.97. The number of rotatable bonds is 3. The molecule has 0 spiro atoms. The Kier molecular flexibility index (Phi) is 3.13. The maximum Gasteiger partial charge on any atom is 0.296 e. The van der Waals surface area contributed by atoms with Gasteiger partial charge in [-0.05, 0) is 18.1 Å². The van der Waals surface area contributed by atoms with Crippen molar-refractivity contribution >= 4 is 15.8 Å². The zero-order valence-corrected chi connectivity index (χ0v) is 8.71. The monoisotopic (exact) mass is 215 g/mol. The Morgan fingerprint density at radius 2 is 2.07 bits per heavy atom. The van der Waals surface area contributed by atoms with Gasteiger partial charge >= 0.3 is 0 Å². The lowest BCUT2D eigenvalue weighted by atomic mass is 10.1. The molecule has 5 heteroatoms. The van der Waals surface area contributed by atoms with E-state index in [0.29, 0.717) is 6.42 Å². The molecule has 0 aliphatic carbocycles. The fourth-order valence-corrected chi connectivity index (χ4v) is 1.96. The SMILES string of the molecule is CCCc1cccc(S(=O)(=O)O)c1N. The van der Waals surface area contributed by atoms with E-state index in [9.17, 15) is 8.42 Å². The van der Waals surface area contributed by atoms with E-state index in [1.165, 1.54) is 6.07 Å². The van der Waals surface area contributed by atoms with Gasteiger partial charge in [-0.3, -0.25) is 4.55 Å². The van der Waals surface area contributed by atoms with Gasteiger partial charge < -0.3 is 5.73 Å². The molecule has 0 aromatic heterocycles. The Labute approximate surface area is 83.5 Å². The molecule has 0 fully saturated rings. The van der Waals surface area contributed by atoms with Crippen molar-refractivity contribution in [3.63, 3.8) is 0 Å². The van der Waals surface area contributed by atoms with Gasteiger partial charge in [-0.1, -0.05) is 25.5 Å². The number of anilines is 1. The van der Waals surface area contributed by atoms with Gasteiger partial charge in [0.2, 0.25) is 0 Å². The lowest BCUT2D eigenvalue weighted by Gasteiger charge is -2.07. The zero-order valence-electron chi connectivity index (χ0n) is 7.90. The number of aryl methyl sites for hydroxylation is 1. The number of hydrogen-bond donors (Lipinski definition) is 2. The molecule has 0 heterocycles. The van der Waals surface area contributed by atoms with Crippen LogP contribution >= 0.6 is 0 Å². The highest BCUT2D eigenvalue weighted by Gasteiger charge is 2.15. The van der Waals surface area contributed by atoms with E-state index in [1.807, 2.05) is 6.92 Å². The normalized spacial score (nSPS) is 11.6. The topological polar surface area (TPSA) is 80.4 Å². The summed E-state index contributed by atoms with van der Waals surface area (Å²) in [7, 11) is -4.20. The minimum Gasteiger partial charge on any atom is -0.397 e. The van der Waals surface area contributed by atoms with Gasteiger partial charge in [0, 0.05) is 0 Å². The third-order valence-electron chi connectivity index (χ3n) is 1.95. The van der Waals surface area contributed by atoms with Crippen molar-refractivity contribution in [2.45, 2.75) is 24.7 Å². The fourth-order valence-electron chi connectivity index (χ4n) is 1.30. The molecule has 0 radical (unpaired) electrons. The predicted molar refractivity (Wildman–Crippen MR) is 54.7 cm³/mol. The number of nitrogen functional groups attached to an aromatic ring is 1. The lowest BCUT2D eigenvalue weighted by Crippen LogP contribution is -2.05. The molecule has 1 rings (SSSR count). The number of hydrogen-bond acceptors (Lipinski definition) is 3. The first-order chi connectivity index (χ1) is 6.46. The minimum atomic E-state index is -4.20. The first-order valence-corrected chi connectivity index (χ1v) is 5.75. The summed E-state index contributed by atoms with van der Waals surface area (Å²) in [5.74, 6) is 0. The molecule has 1 aromatic carbocycles. The summed E-state index contributed by atoms with van der Waals surface area (Å²) in [6.07, 6.45) is 1.58. The molecular weight excluding hydrogens is 202 g/mol. The molecule has 0 saturated carbocycles. The van der Waals surface area contributed by atoms with Crippen LogP contribution in [0.15, 0.2) is 23.1 Å². The van der Waals surface area contributed by atoms with Gasteiger partial charge in [0.25, 0.3) is 10.1 Å². The summed E-state index contributed by atoms with van der Waals surface area (Å²) >= 11 is 0. The van der Waals surface area contributed by atoms with Crippen LogP contribution in [0.4, 0.5) is 5.69 Å². The van der Waals surface area contributed by atoms with Crippen LogP contribution in [0, 0.1) is 0 Å². The average Bonchev–Trinajstić information content (AvgIpc) is 2.07. The van der Waals surface area contributed by atoms with E-state index < -0.39 is 10.1 Å². The Bertz CT molecular complexity index is 426. The van der Waals surface area contributed by atoms with Gasteiger partial charge in [-0.2, -0.15) is 8.42 Å². The minimum absolute atomic E-state index is 0.150. The van der Waals surface area contributed by atoms with Crippen LogP contribution in [-0.4, -0.2) is 13.0 Å². The van der Waals surface area contributed by atoms with Crippen LogP contribution in [0.3, 0.4) is 0 Å². The van der Waals surface area contributed by atoms with E-state index >= 15 is 0 Å². The van der Waals surface area contributed by atoms with E-state index in [4.69, 9.17) is 10.3 Å². The molecule has 0 atom stereocenters. The molecule has 0 saturated heterocycles. The number of benzene rings is 1. The molecule has 0 aliphatic heterocycles. The molecule has 0 amide bonds. The van der Waals surface area contributed by atoms with E-state index in [2.05, 4.69) is 0 Å². The molecule has 0 aliphatic rings. The first kappa shape index (κ1) is 11.0. The molecule has 4 nitrogen and oxygen atoms in total. The smallest absolute Gasteiger partial charge is 0.296 e. The molecule has 0 unspecified atom stereocenters. The van der Waals surface area contributed by atoms with Crippen LogP contribution in [0.5, 0.6) is 0 Å². The highest BCUT2D eigenvalue weighted by Crippen LogP contribution is 2.22. The third kappa shape index (κ3) is 2.24. The van der Waals surface area contributed by atoms with Gasteiger partial charge in [0.05, 0.1) is 5.69 Å². The zero-order chi connectivity index (χ0) is 10.8. The lowest BCUT2D eigenvalue weighted by molar-refractivity contribution is 0.483. The largest absolute Gasteiger partial charge is 0.397 e. The molecule has 14 heavy (non-hydrogen) atoms. The molecule has 78 valence electrons. The number of nitrogens with two attached hydrogens (primary N) is 1.